The molecular formula is C20H19N3O. The number of hydrogen-bond donors (Lipinski definition) is 1. The zero-order valence-electron chi connectivity index (χ0n) is 13.7. The number of phenolic OH excluding ortho intramolecular Hbond substituents is 1. The summed E-state index contributed by atoms with van der Waals surface area (Å²) in [4.78, 5) is 10.9. The molecule has 3 rings (SSSR count). The molecule has 0 aliphatic heterocycles. The van der Waals surface area contributed by atoms with Crippen LogP contribution in [0.2, 0.25) is 0 Å². The number of rotatable bonds is 4. The van der Waals surface area contributed by atoms with Crippen LogP contribution in [0.15, 0.2) is 60.8 Å². The molecule has 1 N–H and O–H groups in total. The van der Waals surface area contributed by atoms with E-state index in [9.17, 15) is 5.11 Å². The summed E-state index contributed by atoms with van der Waals surface area (Å²) in [6.45, 7) is 0. The molecule has 3 aromatic rings. The van der Waals surface area contributed by atoms with Crippen molar-refractivity contribution in [3.8, 4) is 5.75 Å². The summed E-state index contributed by atoms with van der Waals surface area (Å²) in [5.74, 6) is 1.19. The highest BCUT2D eigenvalue weighted by atomic mass is 16.3. The van der Waals surface area contributed by atoms with Crippen LogP contribution in [-0.2, 0) is 0 Å². The Labute approximate surface area is 141 Å². The normalized spacial score (nSPS) is 11.6. The van der Waals surface area contributed by atoms with Crippen LogP contribution in [0, 0.1) is 0 Å². The fraction of sp³-hybridized carbons (Fsp3) is 0.100. The molecule has 0 fully saturated rings. The van der Waals surface area contributed by atoms with Crippen molar-refractivity contribution in [1.82, 2.24) is 9.97 Å². The van der Waals surface area contributed by atoms with E-state index in [0.717, 1.165) is 28.0 Å². The van der Waals surface area contributed by atoms with Gasteiger partial charge in [-0.05, 0) is 48.0 Å². The highest BCUT2D eigenvalue weighted by molar-refractivity contribution is 5.81. The number of benzene rings is 1. The third-order valence-corrected chi connectivity index (χ3v) is 3.59. The number of aromatic hydroxyl groups is 1. The maximum Gasteiger partial charge on any atom is 0.127 e. The van der Waals surface area contributed by atoms with E-state index in [2.05, 4.69) is 9.97 Å². The van der Waals surface area contributed by atoms with Gasteiger partial charge in [-0.15, -0.1) is 0 Å². The van der Waals surface area contributed by atoms with E-state index in [1.807, 2.05) is 79.8 Å². The first-order valence-electron chi connectivity index (χ1n) is 7.70. The Balaban J connectivity index is 1.70. The van der Waals surface area contributed by atoms with Crippen LogP contribution in [-0.4, -0.2) is 29.2 Å². The number of fused-ring (bicyclic) bond motifs is 1. The number of anilines is 1. The maximum atomic E-state index is 9.47. The molecule has 0 spiro atoms. The third kappa shape index (κ3) is 3.79. The predicted octanol–water partition coefficient (Wildman–Crippen LogP) is 4.13. The highest BCUT2D eigenvalue weighted by Gasteiger charge is 1.97. The van der Waals surface area contributed by atoms with Crippen molar-refractivity contribution in [3.63, 3.8) is 0 Å². The first-order valence-corrected chi connectivity index (χ1v) is 7.70. The second kappa shape index (κ2) is 6.96. The standard InChI is InChI=1S/C20H19N3O/c1-23(2)20-12-7-15(14-21-20)5-3-4-6-17-9-8-16-13-18(24)10-11-19(16)22-17/h3-14,24H,1-2H3/b5-3+,6-4+. The first kappa shape index (κ1) is 15.7. The van der Waals surface area contributed by atoms with Gasteiger partial charge in [0.15, 0.2) is 0 Å². The van der Waals surface area contributed by atoms with Gasteiger partial charge in [0, 0.05) is 25.7 Å². The van der Waals surface area contributed by atoms with Crippen LogP contribution >= 0.6 is 0 Å². The lowest BCUT2D eigenvalue weighted by Crippen LogP contribution is -2.09. The van der Waals surface area contributed by atoms with Crippen LogP contribution in [0.4, 0.5) is 5.82 Å². The van der Waals surface area contributed by atoms with Gasteiger partial charge in [0.25, 0.3) is 0 Å². The van der Waals surface area contributed by atoms with Crippen molar-refractivity contribution in [1.29, 1.82) is 0 Å². The highest BCUT2D eigenvalue weighted by Crippen LogP contribution is 2.19. The Hall–Kier alpha value is -3.14. The van der Waals surface area contributed by atoms with E-state index >= 15 is 0 Å². The molecule has 0 radical (unpaired) electrons. The maximum absolute atomic E-state index is 9.47. The van der Waals surface area contributed by atoms with Crippen LogP contribution < -0.4 is 4.90 Å². The smallest absolute Gasteiger partial charge is 0.127 e. The van der Waals surface area contributed by atoms with Crippen LogP contribution in [0.25, 0.3) is 23.1 Å². The average molecular weight is 317 g/mol. The summed E-state index contributed by atoms with van der Waals surface area (Å²) < 4.78 is 0. The molecule has 0 atom stereocenters. The second-order valence-corrected chi connectivity index (χ2v) is 5.68. The number of hydrogen-bond acceptors (Lipinski definition) is 4. The van der Waals surface area contributed by atoms with E-state index in [1.165, 1.54) is 0 Å². The number of allylic oxidation sites excluding steroid dienone is 2. The largest absolute Gasteiger partial charge is 0.508 e. The minimum absolute atomic E-state index is 0.254. The molecule has 4 nitrogen and oxygen atoms in total. The number of phenols is 1. The molecule has 0 aliphatic carbocycles. The molecule has 2 aromatic heterocycles. The lowest BCUT2D eigenvalue weighted by Gasteiger charge is -2.10. The molecule has 0 unspecified atom stereocenters. The topological polar surface area (TPSA) is 49.2 Å². The Kier molecular flexibility index (Phi) is 4.57. The molecule has 0 bridgehead atoms. The van der Waals surface area contributed by atoms with Crippen molar-refractivity contribution in [2.45, 2.75) is 0 Å². The van der Waals surface area contributed by atoms with Crippen molar-refractivity contribution >= 4 is 28.9 Å². The SMILES string of the molecule is CN(C)c1ccc(/C=C/C=C/c2ccc3cc(O)ccc3n2)cn1. The molecule has 0 saturated heterocycles. The van der Waals surface area contributed by atoms with Gasteiger partial charge in [0.05, 0.1) is 11.2 Å². The fourth-order valence-corrected chi connectivity index (χ4v) is 2.30. The number of pyridine rings is 2. The molecular weight excluding hydrogens is 298 g/mol. The molecule has 0 aliphatic rings. The molecule has 2 heterocycles. The molecule has 120 valence electrons. The Morgan fingerprint density at radius 3 is 2.54 bits per heavy atom. The second-order valence-electron chi connectivity index (χ2n) is 5.68. The summed E-state index contributed by atoms with van der Waals surface area (Å²) in [6.07, 6.45) is 9.72. The minimum atomic E-state index is 0.254. The Morgan fingerprint density at radius 1 is 0.958 bits per heavy atom. The van der Waals surface area contributed by atoms with E-state index in [4.69, 9.17) is 0 Å². The average Bonchev–Trinajstić information content (AvgIpc) is 2.59. The van der Waals surface area contributed by atoms with Gasteiger partial charge in [-0.2, -0.15) is 0 Å². The molecule has 1 aromatic carbocycles. The van der Waals surface area contributed by atoms with E-state index in [-0.39, 0.29) is 5.75 Å². The molecule has 24 heavy (non-hydrogen) atoms. The molecule has 0 saturated carbocycles. The van der Waals surface area contributed by atoms with Crippen molar-refractivity contribution in [2.75, 3.05) is 19.0 Å². The van der Waals surface area contributed by atoms with E-state index < -0.39 is 0 Å². The summed E-state index contributed by atoms with van der Waals surface area (Å²) in [6, 6.07) is 13.1. The van der Waals surface area contributed by atoms with Crippen molar-refractivity contribution in [2.24, 2.45) is 0 Å². The predicted molar refractivity (Wildman–Crippen MR) is 100 cm³/mol. The van der Waals surface area contributed by atoms with E-state index in [1.54, 1.807) is 12.1 Å². The quantitative estimate of drug-likeness (QED) is 0.735. The molecule has 4 heteroatoms. The molecule has 0 amide bonds. The minimum Gasteiger partial charge on any atom is -0.508 e. The van der Waals surface area contributed by atoms with Crippen molar-refractivity contribution in [3.05, 3.63) is 72.1 Å². The lowest BCUT2D eigenvalue weighted by molar-refractivity contribution is 0.476. The third-order valence-electron chi connectivity index (χ3n) is 3.59. The number of nitrogens with zero attached hydrogens (tertiary/aromatic N) is 3. The van der Waals surface area contributed by atoms with Gasteiger partial charge < -0.3 is 10.0 Å². The van der Waals surface area contributed by atoms with Crippen LogP contribution in [0.3, 0.4) is 0 Å². The summed E-state index contributed by atoms with van der Waals surface area (Å²) >= 11 is 0. The summed E-state index contributed by atoms with van der Waals surface area (Å²) in [5.41, 5.74) is 2.79. The summed E-state index contributed by atoms with van der Waals surface area (Å²) in [5, 5.41) is 10.4. The first-order chi connectivity index (χ1) is 11.6. The van der Waals surface area contributed by atoms with Gasteiger partial charge in [-0.25, -0.2) is 9.97 Å². The van der Waals surface area contributed by atoms with Gasteiger partial charge in [0.2, 0.25) is 0 Å². The number of aromatic nitrogens is 2. The fourth-order valence-electron chi connectivity index (χ4n) is 2.30. The van der Waals surface area contributed by atoms with Gasteiger partial charge in [-0.1, -0.05) is 24.3 Å². The Bertz CT molecular complexity index is 896. The van der Waals surface area contributed by atoms with E-state index in [0.29, 0.717) is 0 Å². The van der Waals surface area contributed by atoms with Crippen LogP contribution in [0.5, 0.6) is 5.75 Å². The van der Waals surface area contributed by atoms with Crippen molar-refractivity contribution < 1.29 is 5.11 Å². The lowest BCUT2D eigenvalue weighted by atomic mass is 10.2. The zero-order chi connectivity index (χ0) is 16.9. The van der Waals surface area contributed by atoms with Gasteiger partial charge in [-0.3, -0.25) is 0 Å². The zero-order valence-corrected chi connectivity index (χ0v) is 13.7. The monoisotopic (exact) mass is 317 g/mol. The van der Waals surface area contributed by atoms with Crippen LogP contribution in [0.1, 0.15) is 11.3 Å². The van der Waals surface area contributed by atoms with Gasteiger partial charge >= 0.3 is 0 Å². The van der Waals surface area contributed by atoms with Gasteiger partial charge in [0.1, 0.15) is 11.6 Å². The Morgan fingerprint density at radius 2 is 1.79 bits per heavy atom. The summed E-state index contributed by atoms with van der Waals surface area (Å²) in [7, 11) is 3.94.